The number of nitrogens with one attached hydrogen (secondary N) is 1. The average Bonchev–Trinajstić information content (AvgIpc) is 2.85. The summed E-state index contributed by atoms with van der Waals surface area (Å²) in [5.74, 6) is 0.116. The molecular weight excluding hydrogens is 289 g/mol. The van der Waals surface area contributed by atoms with Crippen LogP contribution in [0.2, 0.25) is 5.02 Å². The van der Waals surface area contributed by atoms with Crippen molar-refractivity contribution in [2.75, 3.05) is 13.6 Å². The normalized spacial score (nSPS) is 10.9. The van der Waals surface area contributed by atoms with Crippen molar-refractivity contribution in [1.29, 1.82) is 0 Å². The van der Waals surface area contributed by atoms with Gasteiger partial charge >= 0.3 is 0 Å². The average molecular weight is 302 g/mol. The van der Waals surface area contributed by atoms with Crippen LogP contribution >= 0.6 is 23.4 Å². The summed E-state index contributed by atoms with van der Waals surface area (Å²) in [7, 11) is 1.86. The highest BCUT2D eigenvalue weighted by molar-refractivity contribution is 7.98. The van der Waals surface area contributed by atoms with Crippen molar-refractivity contribution in [2.45, 2.75) is 17.5 Å². The number of thioether (sulfide) groups is 1. The molecule has 0 bridgehead atoms. The number of hydrogen-bond donors (Lipinski definition) is 1. The fraction of sp³-hybridized carbons (Fsp3) is 0.364. The van der Waals surface area contributed by atoms with Crippen LogP contribution in [0.25, 0.3) is 0 Å². The Bertz CT molecular complexity index is 548. The number of hydrogen-bond acceptors (Lipinski definition) is 5. The first-order valence-electron chi connectivity index (χ1n) is 5.69. The molecule has 0 unspecified atom stereocenters. The van der Waals surface area contributed by atoms with Crippen molar-refractivity contribution in [2.24, 2.45) is 0 Å². The smallest absolute Gasteiger partial charge is 0.209 e. The molecule has 8 heteroatoms. The Kier molecular flexibility index (Phi) is 5.12. The van der Waals surface area contributed by atoms with Crippen LogP contribution in [0.5, 0.6) is 0 Å². The minimum absolute atomic E-state index is 0.157. The maximum Gasteiger partial charge on any atom is 0.209 e. The summed E-state index contributed by atoms with van der Waals surface area (Å²) in [6.07, 6.45) is 0. The molecule has 0 saturated carbocycles. The predicted molar refractivity (Wildman–Crippen MR) is 72.7 cm³/mol. The summed E-state index contributed by atoms with van der Waals surface area (Å²) in [6, 6.07) is 4.77. The minimum atomic E-state index is -0.408. The fourth-order valence-corrected chi connectivity index (χ4v) is 2.63. The van der Waals surface area contributed by atoms with E-state index in [1.54, 1.807) is 16.8 Å². The molecule has 0 aliphatic rings. The number of likely N-dealkylation sites (N-methyl/N-ethyl adjacent to an activating group) is 1. The lowest BCUT2D eigenvalue weighted by atomic mass is 10.2. The molecule has 0 spiro atoms. The first-order valence-corrected chi connectivity index (χ1v) is 7.05. The Hall–Kier alpha value is -1.18. The highest BCUT2D eigenvalue weighted by atomic mass is 35.5. The van der Waals surface area contributed by atoms with Crippen LogP contribution in [-0.2, 0) is 12.3 Å². The van der Waals surface area contributed by atoms with Gasteiger partial charge in [-0.15, -0.1) is 5.10 Å². The molecule has 2 aromatic rings. The summed E-state index contributed by atoms with van der Waals surface area (Å²) >= 11 is 7.33. The van der Waals surface area contributed by atoms with Crippen molar-refractivity contribution in [1.82, 2.24) is 25.5 Å². The third kappa shape index (κ3) is 3.65. The molecule has 2 rings (SSSR count). The number of nitrogens with zero attached hydrogens (tertiary/aromatic N) is 4. The lowest BCUT2D eigenvalue weighted by Crippen LogP contribution is -2.16. The molecular formula is C11H13ClFN5S. The molecule has 1 N–H and O–H groups in total. The van der Waals surface area contributed by atoms with Crippen molar-refractivity contribution < 1.29 is 4.39 Å². The highest BCUT2D eigenvalue weighted by Gasteiger charge is 2.10. The monoisotopic (exact) mass is 301 g/mol. The van der Waals surface area contributed by atoms with Crippen molar-refractivity contribution in [3.63, 3.8) is 0 Å². The van der Waals surface area contributed by atoms with Gasteiger partial charge < -0.3 is 5.32 Å². The molecule has 0 saturated heterocycles. The highest BCUT2D eigenvalue weighted by Crippen LogP contribution is 2.26. The van der Waals surface area contributed by atoms with Crippen molar-refractivity contribution in [3.8, 4) is 0 Å². The predicted octanol–water partition coefficient (Wildman–Crippen LogP) is 1.98. The topological polar surface area (TPSA) is 55.6 Å². The third-order valence-electron chi connectivity index (χ3n) is 2.46. The first-order chi connectivity index (χ1) is 9.22. The zero-order valence-electron chi connectivity index (χ0n) is 10.3. The Morgan fingerprint density at radius 2 is 2.32 bits per heavy atom. The largest absolute Gasteiger partial charge is 0.318 e. The van der Waals surface area contributed by atoms with Gasteiger partial charge in [0.15, 0.2) is 0 Å². The minimum Gasteiger partial charge on any atom is -0.318 e. The summed E-state index contributed by atoms with van der Waals surface area (Å²) in [5.41, 5.74) is 0.731. The number of benzene rings is 1. The van der Waals surface area contributed by atoms with Gasteiger partial charge in [0.25, 0.3) is 0 Å². The molecule has 1 aromatic heterocycles. The molecule has 1 heterocycles. The van der Waals surface area contributed by atoms with E-state index in [1.165, 1.54) is 17.8 Å². The van der Waals surface area contributed by atoms with E-state index in [0.29, 0.717) is 17.5 Å². The molecule has 0 fully saturated rings. The SMILES string of the molecule is CNCCn1nnnc1SCc1cccc(F)c1Cl. The Morgan fingerprint density at radius 1 is 1.47 bits per heavy atom. The summed E-state index contributed by atoms with van der Waals surface area (Å²) in [6.45, 7) is 1.46. The van der Waals surface area contributed by atoms with Crippen LogP contribution in [0, 0.1) is 5.82 Å². The van der Waals surface area contributed by atoms with Gasteiger partial charge in [0, 0.05) is 12.3 Å². The van der Waals surface area contributed by atoms with Crippen LogP contribution in [0.15, 0.2) is 23.4 Å². The van der Waals surface area contributed by atoms with Crippen molar-refractivity contribution in [3.05, 3.63) is 34.6 Å². The van der Waals surface area contributed by atoms with Gasteiger partial charge in [-0.3, -0.25) is 0 Å². The summed E-state index contributed by atoms with van der Waals surface area (Å²) < 4.78 is 15.0. The Balaban J connectivity index is 2.02. The maximum atomic E-state index is 13.3. The Morgan fingerprint density at radius 3 is 3.11 bits per heavy atom. The summed E-state index contributed by atoms with van der Waals surface area (Å²) in [5, 5.41) is 15.3. The van der Waals surface area contributed by atoms with E-state index in [-0.39, 0.29) is 5.02 Å². The zero-order valence-corrected chi connectivity index (χ0v) is 11.9. The van der Waals surface area contributed by atoms with Crippen LogP contribution in [0.1, 0.15) is 5.56 Å². The third-order valence-corrected chi connectivity index (χ3v) is 3.89. The van der Waals surface area contributed by atoms with Gasteiger partial charge in [-0.1, -0.05) is 35.5 Å². The molecule has 5 nitrogen and oxygen atoms in total. The van der Waals surface area contributed by atoms with Gasteiger partial charge in [-0.25, -0.2) is 9.07 Å². The number of rotatable bonds is 6. The van der Waals surface area contributed by atoms with Gasteiger partial charge in [0.05, 0.1) is 11.6 Å². The molecule has 0 amide bonds. The van der Waals surface area contributed by atoms with E-state index >= 15 is 0 Å². The molecule has 0 atom stereocenters. The lowest BCUT2D eigenvalue weighted by molar-refractivity contribution is 0.530. The Labute approximate surface area is 119 Å². The number of aromatic nitrogens is 4. The first kappa shape index (κ1) is 14.2. The van der Waals surface area contributed by atoms with E-state index < -0.39 is 5.82 Å². The van der Waals surface area contributed by atoms with Crippen LogP contribution in [0.3, 0.4) is 0 Å². The van der Waals surface area contributed by atoms with E-state index in [9.17, 15) is 4.39 Å². The van der Waals surface area contributed by atoms with Crippen LogP contribution < -0.4 is 5.32 Å². The number of halogens is 2. The quantitative estimate of drug-likeness (QED) is 0.827. The molecule has 0 aliphatic carbocycles. The second-order valence-electron chi connectivity index (χ2n) is 3.79. The van der Waals surface area contributed by atoms with Gasteiger partial charge in [-0.2, -0.15) is 0 Å². The molecule has 0 aliphatic heterocycles. The van der Waals surface area contributed by atoms with Gasteiger partial charge in [0.2, 0.25) is 5.16 Å². The van der Waals surface area contributed by atoms with E-state index in [1.807, 2.05) is 7.05 Å². The zero-order chi connectivity index (χ0) is 13.7. The summed E-state index contributed by atoms with van der Waals surface area (Å²) in [4.78, 5) is 0. The molecule has 0 radical (unpaired) electrons. The van der Waals surface area contributed by atoms with Crippen LogP contribution in [-0.4, -0.2) is 33.8 Å². The molecule has 102 valence electrons. The number of tetrazole rings is 1. The van der Waals surface area contributed by atoms with Crippen LogP contribution in [0.4, 0.5) is 4.39 Å². The molecule has 19 heavy (non-hydrogen) atoms. The molecule has 1 aromatic carbocycles. The van der Waals surface area contributed by atoms with Gasteiger partial charge in [-0.05, 0) is 29.1 Å². The lowest BCUT2D eigenvalue weighted by Gasteiger charge is -2.05. The fourth-order valence-electron chi connectivity index (χ4n) is 1.46. The van der Waals surface area contributed by atoms with E-state index in [4.69, 9.17) is 11.6 Å². The van der Waals surface area contributed by atoms with Gasteiger partial charge in [0.1, 0.15) is 5.82 Å². The van der Waals surface area contributed by atoms with E-state index in [2.05, 4.69) is 20.8 Å². The maximum absolute atomic E-state index is 13.3. The van der Waals surface area contributed by atoms with Crippen molar-refractivity contribution >= 4 is 23.4 Å². The second kappa shape index (κ2) is 6.83. The second-order valence-corrected chi connectivity index (χ2v) is 5.11. The van der Waals surface area contributed by atoms with E-state index in [0.717, 1.165) is 12.1 Å². The standard InChI is InChI=1S/C11H13ClFN5S/c1-14-5-6-18-11(15-16-17-18)19-7-8-3-2-4-9(13)10(8)12/h2-4,14H,5-7H2,1H3.